The van der Waals surface area contributed by atoms with Gasteiger partial charge >= 0.3 is 6.03 Å². The Hall–Kier alpha value is -3.36. The maximum atomic E-state index is 12.5. The van der Waals surface area contributed by atoms with Gasteiger partial charge in [-0.3, -0.25) is 19.2 Å². The minimum Gasteiger partial charge on any atom is -0.497 e. The van der Waals surface area contributed by atoms with Crippen molar-refractivity contribution in [2.75, 3.05) is 20.2 Å². The first kappa shape index (κ1) is 19.4. The molecule has 2 N–H and O–H groups in total. The van der Waals surface area contributed by atoms with Crippen molar-refractivity contribution in [3.05, 3.63) is 48.3 Å². The van der Waals surface area contributed by atoms with E-state index < -0.39 is 12.1 Å². The summed E-state index contributed by atoms with van der Waals surface area (Å²) in [6.07, 6.45) is 3.91. The molecule has 1 fully saturated rings. The minimum absolute atomic E-state index is 0.0806. The topological polar surface area (TPSA) is 106 Å². The Bertz CT molecular complexity index is 819. The predicted octanol–water partition coefficient (Wildman–Crippen LogP) is 0.561. The van der Waals surface area contributed by atoms with Gasteiger partial charge in [-0.1, -0.05) is 12.1 Å². The first-order chi connectivity index (χ1) is 13.6. The first-order valence-electron chi connectivity index (χ1n) is 9.06. The number of ether oxygens (including phenoxy) is 1. The molecule has 1 aliphatic rings. The molecule has 1 saturated heterocycles. The zero-order valence-corrected chi connectivity index (χ0v) is 15.6. The fraction of sp³-hybridized carbons (Fsp3) is 0.368. The van der Waals surface area contributed by atoms with E-state index in [0.717, 1.165) is 16.2 Å². The lowest BCUT2D eigenvalue weighted by Gasteiger charge is -2.13. The number of nitrogens with one attached hydrogen (secondary N) is 2. The first-order valence-corrected chi connectivity index (χ1v) is 9.06. The van der Waals surface area contributed by atoms with Gasteiger partial charge in [0.05, 0.1) is 20.1 Å². The monoisotopic (exact) mass is 385 g/mol. The number of methoxy groups -OCH3 is 1. The average Bonchev–Trinajstić information content (AvgIpc) is 3.29. The zero-order chi connectivity index (χ0) is 19.9. The van der Waals surface area contributed by atoms with Crippen LogP contribution < -0.4 is 15.4 Å². The van der Waals surface area contributed by atoms with Crippen LogP contribution in [0.5, 0.6) is 5.75 Å². The molecule has 4 amide bonds. The molecule has 148 valence electrons. The number of aromatic nitrogens is 2. The van der Waals surface area contributed by atoms with Crippen LogP contribution in [0.3, 0.4) is 0 Å². The third-order valence-electron chi connectivity index (χ3n) is 4.50. The number of hydrogen-bond donors (Lipinski definition) is 2. The quantitative estimate of drug-likeness (QED) is 0.614. The van der Waals surface area contributed by atoms with Gasteiger partial charge in [-0.15, -0.1) is 0 Å². The van der Waals surface area contributed by atoms with Gasteiger partial charge < -0.3 is 15.4 Å². The summed E-state index contributed by atoms with van der Waals surface area (Å²) in [6.45, 7) is 1.20. The van der Waals surface area contributed by atoms with Crippen molar-refractivity contribution in [3.8, 4) is 5.75 Å². The summed E-state index contributed by atoms with van der Waals surface area (Å²) in [7, 11) is 1.59. The predicted molar refractivity (Wildman–Crippen MR) is 101 cm³/mol. The van der Waals surface area contributed by atoms with E-state index in [1.165, 1.54) is 0 Å². The third kappa shape index (κ3) is 4.87. The smallest absolute Gasteiger partial charge is 0.324 e. The number of urea groups is 1. The van der Waals surface area contributed by atoms with Crippen molar-refractivity contribution in [1.82, 2.24) is 25.3 Å². The maximum absolute atomic E-state index is 12.5. The second-order valence-electron chi connectivity index (χ2n) is 6.41. The molecular weight excluding hydrogens is 362 g/mol. The van der Waals surface area contributed by atoms with Crippen LogP contribution >= 0.6 is 0 Å². The molecule has 0 radical (unpaired) electrons. The van der Waals surface area contributed by atoms with Gasteiger partial charge in [0.25, 0.3) is 5.91 Å². The Morgan fingerprint density at radius 2 is 2.04 bits per heavy atom. The van der Waals surface area contributed by atoms with Crippen molar-refractivity contribution < 1.29 is 19.1 Å². The molecule has 1 aliphatic heterocycles. The van der Waals surface area contributed by atoms with E-state index in [9.17, 15) is 14.4 Å². The molecule has 0 saturated carbocycles. The minimum atomic E-state index is -0.826. The SMILES string of the molecule is COc1ccc(CCN2C(=O)N[C@H](CC(=O)NCCn3cccn3)C2=O)cc1. The number of carbonyl (C=O) groups excluding carboxylic acids is 3. The lowest BCUT2D eigenvalue weighted by molar-refractivity contribution is -0.130. The summed E-state index contributed by atoms with van der Waals surface area (Å²) in [6, 6.07) is 7.95. The van der Waals surface area contributed by atoms with Crippen LogP contribution in [-0.2, 0) is 22.6 Å². The van der Waals surface area contributed by atoms with Crippen molar-refractivity contribution in [2.45, 2.75) is 25.4 Å². The van der Waals surface area contributed by atoms with Gasteiger partial charge in [-0.05, 0) is 30.2 Å². The number of carbonyl (C=O) groups is 3. The Kier molecular flexibility index (Phi) is 6.25. The van der Waals surface area contributed by atoms with Gasteiger partial charge in [-0.25, -0.2) is 4.79 Å². The maximum Gasteiger partial charge on any atom is 0.324 e. The Balaban J connectivity index is 1.44. The summed E-state index contributed by atoms with van der Waals surface area (Å²) in [5, 5.41) is 9.36. The molecule has 1 atom stereocenters. The second-order valence-corrected chi connectivity index (χ2v) is 6.41. The molecule has 28 heavy (non-hydrogen) atoms. The summed E-state index contributed by atoms with van der Waals surface area (Å²) >= 11 is 0. The molecule has 2 aromatic rings. The van der Waals surface area contributed by atoms with E-state index in [1.807, 2.05) is 24.3 Å². The highest BCUT2D eigenvalue weighted by molar-refractivity contribution is 6.05. The molecular formula is C19H23N5O4. The summed E-state index contributed by atoms with van der Waals surface area (Å²) in [5.74, 6) is 0.0842. The lowest BCUT2D eigenvalue weighted by atomic mass is 10.1. The van der Waals surface area contributed by atoms with E-state index in [2.05, 4.69) is 15.7 Å². The molecule has 1 aromatic heterocycles. The molecule has 3 rings (SSSR count). The number of amides is 4. The lowest BCUT2D eigenvalue weighted by Crippen LogP contribution is -2.37. The van der Waals surface area contributed by atoms with Gasteiger partial charge in [0.2, 0.25) is 5.91 Å². The highest BCUT2D eigenvalue weighted by atomic mass is 16.5. The molecule has 0 bridgehead atoms. The summed E-state index contributed by atoms with van der Waals surface area (Å²) in [5.41, 5.74) is 0.987. The van der Waals surface area contributed by atoms with Crippen LogP contribution in [0.2, 0.25) is 0 Å². The van der Waals surface area contributed by atoms with Crippen molar-refractivity contribution in [1.29, 1.82) is 0 Å². The van der Waals surface area contributed by atoms with Crippen molar-refractivity contribution in [2.24, 2.45) is 0 Å². The van der Waals surface area contributed by atoms with Crippen LogP contribution in [0.15, 0.2) is 42.7 Å². The molecule has 2 heterocycles. The molecule has 0 spiro atoms. The van der Waals surface area contributed by atoms with Gasteiger partial charge in [0.15, 0.2) is 0 Å². The highest BCUT2D eigenvalue weighted by Gasteiger charge is 2.38. The normalized spacial score (nSPS) is 16.2. The Morgan fingerprint density at radius 1 is 1.25 bits per heavy atom. The molecule has 1 aromatic carbocycles. The van der Waals surface area contributed by atoms with E-state index in [-0.39, 0.29) is 24.8 Å². The van der Waals surface area contributed by atoms with Gasteiger partial charge in [-0.2, -0.15) is 5.10 Å². The highest BCUT2D eigenvalue weighted by Crippen LogP contribution is 2.14. The summed E-state index contributed by atoms with van der Waals surface area (Å²) < 4.78 is 6.81. The molecule has 0 unspecified atom stereocenters. The number of rotatable bonds is 9. The standard InChI is InChI=1S/C19H23N5O4/c1-28-15-5-3-14(4-6-15)7-11-24-18(26)16(22-19(24)27)13-17(25)20-9-12-23-10-2-8-21-23/h2-6,8,10,16H,7,9,11-13H2,1H3,(H,20,25)(H,22,27)/t16-/m1/s1. The third-order valence-corrected chi connectivity index (χ3v) is 4.50. The Labute approximate surface area is 162 Å². The average molecular weight is 385 g/mol. The zero-order valence-electron chi connectivity index (χ0n) is 15.6. The number of hydrogen-bond acceptors (Lipinski definition) is 5. The van der Waals surface area contributed by atoms with Crippen LogP contribution in [0, 0.1) is 0 Å². The number of nitrogens with zero attached hydrogens (tertiary/aromatic N) is 3. The van der Waals surface area contributed by atoms with E-state index in [4.69, 9.17) is 4.74 Å². The van der Waals surface area contributed by atoms with Crippen molar-refractivity contribution >= 4 is 17.8 Å². The van der Waals surface area contributed by atoms with E-state index >= 15 is 0 Å². The van der Waals surface area contributed by atoms with Crippen LogP contribution in [0.25, 0.3) is 0 Å². The Morgan fingerprint density at radius 3 is 2.71 bits per heavy atom. The summed E-state index contributed by atoms with van der Waals surface area (Å²) in [4.78, 5) is 37.8. The van der Waals surface area contributed by atoms with E-state index in [1.54, 1.807) is 30.3 Å². The molecule has 9 heteroatoms. The molecule has 0 aliphatic carbocycles. The largest absolute Gasteiger partial charge is 0.497 e. The van der Waals surface area contributed by atoms with Crippen molar-refractivity contribution in [3.63, 3.8) is 0 Å². The number of benzene rings is 1. The second kappa shape index (κ2) is 9.03. The fourth-order valence-corrected chi connectivity index (χ4v) is 2.96. The van der Waals surface area contributed by atoms with Crippen LogP contribution in [0.4, 0.5) is 4.79 Å². The fourth-order valence-electron chi connectivity index (χ4n) is 2.96. The van der Waals surface area contributed by atoms with Crippen LogP contribution in [-0.4, -0.2) is 58.8 Å². The number of imide groups is 1. The van der Waals surface area contributed by atoms with Gasteiger partial charge in [0.1, 0.15) is 11.8 Å². The van der Waals surface area contributed by atoms with E-state index in [0.29, 0.717) is 19.5 Å². The molecule has 9 nitrogen and oxygen atoms in total. The van der Waals surface area contributed by atoms with Gasteiger partial charge in [0, 0.05) is 25.5 Å². The van der Waals surface area contributed by atoms with Crippen LogP contribution in [0.1, 0.15) is 12.0 Å².